The molecule has 1 aliphatic carbocycles. The highest BCUT2D eigenvalue weighted by Crippen LogP contribution is 2.32. The highest BCUT2D eigenvalue weighted by molar-refractivity contribution is 7.89. The zero-order chi connectivity index (χ0) is 21.2. The third-order valence-electron chi connectivity index (χ3n) is 4.64. The Bertz CT molecular complexity index is 1040. The van der Waals surface area contributed by atoms with Crippen LogP contribution in [0.25, 0.3) is 0 Å². The van der Waals surface area contributed by atoms with Gasteiger partial charge in [0.1, 0.15) is 10.6 Å². The van der Waals surface area contributed by atoms with Crippen molar-refractivity contribution in [3.63, 3.8) is 0 Å². The van der Waals surface area contributed by atoms with E-state index < -0.39 is 15.9 Å². The molecule has 2 N–H and O–H groups in total. The summed E-state index contributed by atoms with van der Waals surface area (Å²) in [6.07, 6.45) is 3.48. The molecule has 0 aromatic heterocycles. The molecule has 0 heterocycles. The fraction of sp³-hybridized carbons (Fsp3) is 0.316. The second kappa shape index (κ2) is 9.10. The van der Waals surface area contributed by atoms with E-state index in [1.165, 1.54) is 25.3 Å². The van der Waals surface area contributed by atoms with E-state index in [0.717, 1.165) is 25.7 Å². The average Bonchev–Trinajstić information content (AvgIpc) is 3.13. The van der Waals surface area contributed by atoms with Gasteiger partial charge in [-0.05, 0) is 43.2 Å². The first-order chi connectivity index (χ1) is 13.7. The Balaban J connectivity index is 1.93. The van der Waals surface area contributed by atoms with Gasteiger partial charge in [-0.15, -0.1) is 0 Å². The molecule has 10 heteroatoms. The summed E-state index contributed by atoms with van der Waals surface area (Å²) in [5.74, 6) is -0.229. The van der Waals surface area contributed by atoms with Crippen LogP contribution in [0.1, 0.15) is 36.0 Å². The van der Waals surface area contributed by atoms with Crippen molar-refractivity contribution in [1.29, 1.82) is 0 Å². The van der Waals surface area contributed by atoms with Crippen molar-refractivity contribution in [1.82, 2.24) is 4.72 Å². The van der Waals surface area contributed by atoms with E-state index in [0.29, 0.717) is 16.5 Å². The van der Waals surface area contributed by atoms with Gasteiger partial charge in [-0.1, -0.05) is 47.6 Å². The van der Waals surface area contributed by atoms with Crippen LogP contribution in [0.15, 0.2) is 35.2 Å². The molecular formula is C19H19Cl3N2O4S. The molecule has 1 saturated carbocycles. The van der Waals surface area contributed by atoms with Crippen molar-refractivity contribution in [2.75, 3.05) is 12.4 Å². The number of amides is 1. The number of anilines is 1. The Hall–Kier alpha value is -1.51. The summed E-state index contributed by atoms with van der Waals surface area (Å²) in [6, 6.07) is 7.01. The SMILES string of the molecule is COc1ccc(Cl)cc1NC(=O)c1cc(S(=O)(=O)NC2CCCC2)c(Cl)cc1Cl. The number of sulfonamides is 1. The third-order valence-corrected chi connectivity index (χ3v) is 7.18. The lowest BCUT2D eigenvalue weighted by atomic mass is 10.2. The lowest BCUT2D eigenvalue weighted by molar-refractivity contribution is 0.102. The molecule has 0 atom stereocenters. The first-order valence-corrected chi connectivity index (χ1v) is 11.5. The van der Waals surface area contributed by atoms with Gasteiger partial charge in [0, 0.05) is 11.1 Å². The molecule has 2 aromatic rings. The first-order valence-electron chi connectivity index (χ1n) is 8.87. The smallest absolute Gasteiger partial charge is 0.257 e. The van der Waals surface area contributed by atoms with E-state index in [4.69, 9.17) is 39.5 Å². The van der Waals surface area contributed by atoms with Crippen LogP contribution in [-0.2, 0) is 10.0 Å². The minimum absolute atomic E-state index is 0.0216. The number of carbonyl (C=O) groups excluding carboxylic acids is 1. The summed E-state index contributed by atoms with van der Waals surface area (Å²) >= 11 is 18.3. The van der Waals surface area contributed by atoms with Gasteiger partial charge in [-0.3, -0.25) is 4.79 Å². The standard InChI is InChI=1S/C19H19Cl3N2O4S/c1-28-17-7-6-11(20)8-16(17)23-19(25)13-9-18(15(22)10-14(13)21)29(26,27)24-12-4-2-3-5-12/h6-10,12,24H,2-5H2,1H3,(H,23,25). The number of halogens is 3. The van der Waals surface area contributed by atoms with Crippen LogP contribution in [0.2, 0.25) is 15.1 Å². The number of benzene rings is 2. The van der Waals surface area contributed by atoms with Crippen molar-refractivity contribution in [2.24, 2.45) is 0 Å². The Morgan fingerprint density at radius 3 is 2.41 bits per heavy atom. The van der Waals surface area contributed by atoms with Crippen molar-refractivity contribution < 1.29 is 17.9 Å². The molecule has 6 nitrogen and oxygen atoms in total. The largest absolute Gasteiger partial charge is 0.495 e. The second-order valence-electron chi connectivity index (χ2n) is 6.66. The van der Waals surface area contributed by atoms with E-state index in [1.807, 2.05) is 0 Å². The summed E-state index contributed by atoms with van der Waals surface area (Å²) in [7, 11) is -2.45. The predicted molar refractivity (Wildman–Crippen MR) is 115 cm³/mol. The number of nitrogens with one attached hydrogen (secondary N) is 2. The van der Waals surface area contributed by atoms with Gasteiger partial charge in [0.15, 0.2) is 0 Å². The van der Waals surface area contributed by atoms with Crippen LogP contribution in [0.5, 0.6) is 5.75 Å². The maximum atomic E-state index is 12.8. The van der Waals surface area contributed by atoms with E-state index >= 15 is 0 Å². The van der Waals surface area contributed by atoms with Crippen LogP contribution in [0.3, 0.4) is 0 Å². The molecule has 3 rings (SSSR count). The molecule has 0 aliphatic heterocycles. The lowest BCUT2D eigenvalue weighted by Crippen LogP contribution is -2.33. The van der Waals surface area contributed by atoms with Crippen molar-refractivity contribution >= 4 is 56.4 Å². The van der Waals surface area contributed by atoms with Gasteiger partial charge in [-0.25, -0.2) is 13.1 Å². The summed E-state index contributed by atoms with van der Waals surface area (Å²) in [6.45, 7) is 0. The maximum Gasteiger partial charge on any atom is 0.257 e. The minimum atomic E-state index is -3.91. The molecule has 0 radical (unpaired) electrons. The Morgan fingerprint density at radius 2 is 1.76 bits per heavy atom. The fourth-order valence-electron chi connectivity index (χ4n) is 3.20. The zero-order valence-electron chi connectivity index (χ0n) is 15.5. The number of hydrogen-bond donors (Lipinski definition) is 2. The number of methoxy groups -OCH3 is 1. The lowest BCUT2D eigenvalue weighted by Gasteiger charge is -2.16. The summed E-state index contributed by atoms with van der Waals surface area (Å²) < 4.78 is 33.4. The van der Waals surface area contributed by atoms with Gasteiger partial charge in [0.2, 0.25) is 10.0 Å². The van der Waals surface area contributed by atoms with E-state index in [2.05, 4.69) is 10.0 Å². The summed E-state index contributed by atoms with van der Waals surface area (Å²) in [4.78, 5) is 12.6. The van der Waals surface area contributed by atoms with E-state index in [9.17, 15) is 13.2 Å². The molecule has 0 unspecified atom stereocenters. The molecule has 0 saturated heterocycles. The monoisotopic (exact) mass is 476 g/mol. The molecule has 1 fully saturated rings. The Kier molecular flexibility index (Phi) is 6.96. The van der Waals surface area contributed by atoms with Gasteiger partial charge in [0.05, 0.1) is 28.4 Å². The van der Waals surface area contributed by atoms with Gasteiger partial charge in [-0.2, -0.15) is 0 Å². The van der Waals surface area contributed by atoms with E-state index in [-0.39, 0.29) is 26.5 Å². The Morgan fingerprint density at radius 1 is 1.07 bits per heavy atom. The van der Waals surface area contributed by atoms with Crippen LogP contribution >= 0.6 is 34.8 Å². The van der Waals surface area contributed by atoms with Crippen LogP contribution in [0, 0.1) is 0 Å². The average molecular weight is 478 g/mol. The van der Waals surface area contributed by atoms with Crippen molar-refractivity contribution in [3.05, 3.63) is 51.0 Å². The fourth-order valence-corrected chi connectivity index (χ4v) is 5.54. The number of hydrogen-bond acceptors (Lipinski definition) is 4. The summed E-state index contributed by atoms with van der Waals surface area (Å²) in [5.41, 5.74) is 0.286. The molecule has 0 spiro atoms. The topological polar surface area (TPSA) is 84.5 Å². The molecular weight excluding hydrogens is 459 g/mol. The quantitative estimate of drug-likeness (QED) is 0.604. The van der Waals surface area contributed by atoms with Crippen LogP contribution < -0.4 is 14.8 Å². The number of ether oxygens (including phenoxy) is 1. The molecule has 2 aromatic carbocycles. The number of carbonyl (C=O) groups is 1. The maximum absolute atomic E-state index is 12.8. The second-order valence-corrected chi connectivity index (χ2v) is 9.60. The van der Waals surface area contributed by atoms with Gasteiger partial charge >= 0.3 is 0 Å². The summed E-state index contributed by atoms with van der Waals surface area (Å²) in [5, 5.41) is 3.00. The van der Waals surface area contributed by atoms with Crippen LogP contribution in [-0.4, -0.2) is 27.5 Å². The normalized spacial score (nSPS) is 14.8. The highest BCUT2D eigenvalue weighted by atomic mass is 35.5. The highest BCUT2D eigenvalue weighted by Gasteiger charge is 2.27. The first kappa shape index (κ1) is 22.2. The minimum Gasteiger partial charge on any atom is -0.495 e. The predicted octanol–water partition coefficient (Wildman–Crippen LogP) is 5.13. The third kappa shape index (κ3) is 5.16. The van der Waals surface area contributed by atoms with Crippen molar-refractivity contribution in [3.8, 4) is 5.75 Å². The molecule has 29 heavy (non-hydrogen) atoms. The van der Waals surface area contributed by atoms with Crippen LogP contribution in [0.4, 0.5) is 5.69 Å². The molecule has 1 aliphatic rings. The van der Waals surface area contributed by atoms with Gasteiger partial charge < -0.3 is 10.1 Å². The zero-order valence-corrected chi connectivity index (χ0v) is 18.6. The molecule has 0 bridgehead atoms. The number of rotatable bonds is 6. The molecule has 1 amide bonds. The van der Waals surface area contributed by atoms with Crippen molar-refractivity contribution in [2.45, 2.75) is 36.6 Å². The Labute approximate surface area is 184 Å². The van der Waals surface area contributed by atoms with Gasteiger partial charge in [0.25, 0.3) is 5.91 Å². The molecule has 156 valence electrons. The van der Waals surface area contributed by atoms with E-state index in [1.54, 1.807) is 12.1 Å².